The van der Waals surface area contributed by atoms with Gasteiger partial charge in [-0.15, -0.1) is 0 Å². The Balaban J connectivity index is 2.49. The van der Waals surface area contributed by atoms with Crippen LogP contribution in [0.2, 0.25) is 0 Å². The van der Waals surface area contributed by atoms with Crippen molar-refractivity contribution in [1.82, 2.24) is 0 Å². The van der Waals surface area contributed by atoms with Gasteiger partial charge >= 0.3 is 0 Å². The maximum absolute atomic E-state index is 5.86. The van der Waals surface area contributed by atoms with E-state index in [9.17, 15) is 0 Å². The highest BCUT2D eigenvalue weighted by atomic mass is 35.5. The maximum Gasteiger partial charge on any atom is 0.103 e. The molecule has 0 amide bonds. The number of hydrogen-bond acceptors (Lipinski definition) is 0. The number of rotatable bonds is 9. The second kappa shape index (κ2) is 10.3. The van der Waals surface area contributed by atoms with E-state index in [1.807, 2.05) is 6.08 Å². The van der Waals surface area contributed by atoms with Crippen LogP contribution >= 0.6 is 23.2 Å². The van der Waals surface area contributed by atoms with Crippen molar-refractivity contribution in [3.8, 4) is 0 Å². The molecule has 0 heterocycles. The lowest BCUT2D eigenvalue weighted by atomic mass is 9.92. The molecular formula is C18H26Cl2. The normalized spacial score (nSPS) is 12.2. The number of benzene rings is 1. The number of halogens is 2. The van der Waals surface area contributed by atoms with Gasteiger partial charge in [0.15, 0.2) is 0 Å². The number of hydrogen-bond donors (Lipinski definition) is 0. The van der Waals surface area contributed by atoms with Crippen LogP contribution in [0.25, 0.3) is 0 Å². The minimum absolute atomic E-state index is 0.340. The lowest BCUT2D eigenvalue weighted by Gasteiger charge is -2.14. The molecule has 1 rings (SSSR count). The minimum Gasteiger partial charge on any atom is -0.0712 e. The summed E-state index contributed by atoms with van der Waals surface area (Å²) < 4.78 is 0.376. The van der Waals surface area contributed by atoms with E-state index < -0.39 is 0 Å². The molecule has 0 bridgehead atoms. The third kappa shape index (κ3) is 7.36. The van der Waals surface area contributed by atoms with Crippen LogP contribution in [-0.4, -0.2) is 0 Å². The van der Waals surface area contributed by atoms with Crippen LogP contribution in [0.5, 0.6) is 0 Å². The van der Waals surface area contributed by atoms with Crippen molar-refractivity contribution in [1.29, 1.82) is 0 Å². The van der Waals surface area contributed by atoms with E-state index in [-0.39, 0.29) is 0 Å². The Bertz CT molecular complexity index is 388. The first kappa shape index (κ1) is 17.6. The summed E-state index contributed by atoms with van der Waals surface area (Å²) in [6.07, 6.45) is 11.0. The molecule has 1 atom stereocenters. The van der Waals surface area contributed by atoms with E-state index in [2.05, 4.69) is 38.1 Å². The zero-order valence-electron chi connectivity index (χ0n) is 12.7. The summed E-state index contributed by atoms with van der Waals surface area (Å²) in [6, 6.07) is 8.67. The van der Waals surface area contributed by atoms with Gasteiger partial charge in [0.1, 0.15) is 4.49 Å². The van der Waals surface area contributed by atoms with Crippen molar-refractivity contribution in [2.24, 2.45) is 0 Å². The summed E-state index contributed by atoms with van der Waals surface area (Å²) in [5.74, 6) is 0.340. The Labute approximate surface area is 134 Å². The lowest BCUT2D eigenvalue weighted by Crippen LogP contribution is -1.96. The molecule has 0 radical (unpaired) electrons. The van der Waals surface area contributed by atoms with Crippen LogP contribution < -0.4 is 0 Å². The van der Waals surface area contributed by atoms with E-state index in [1.165, 1.54) is 49.7 Å². The average Bonchev–Trinajstić information content (AvgIpc) is 2.42. The average molecular weight is 313 g/mol. The van der Waals surface area contributed by atoms with Gasteiger partial charge in [0, 0.05) is 5.92 Å². The Hall–Kier alpha value is -0.460. The van der Waals surface area contributed by atoms with Gasteiger partial charge in [-0.25, -0.2) is 0 Å². The Morgan fingerprint density at radius 2 is 1.60 bits per heavy atom. The standard InChI is InChI=1S/C18H26Cl2/c1-3-4-5-6-7-8-9-17(14-18(19)20)16-12-10-15(2)11-13-16/h10-14,17H,3-9H2,1-2H3. The highest BCUT2D eigenvalue weighted by Crippen LogP contribution is 2.27. The third-order valence-corrected chi connectivity index (χ3v) is 3.95. The van der Waals surface area contributed by atoms with Crippen LogP contribution in [0.3, 0.4) is 0 Å². The summed E-state index contributed by atoms with van der Waals surface area (Å²) in [4.78, 5) is 0. The van der Waals surface area contributed by atoms with Gasteiger partial charge < -0.3 is 0 Å². The smallest absolute Gasteiger partial charge is 0.0712 e. The number of allylic oxidation sites excluding steroid dienone is 1. The molecule has 0 N–H and O–H groups in total. The van der Waals surface area contributed by atoms with Crippen molar-refractivity contribution >= 4 is 23.2 Å². The van der Waals surface area contributed by atoms with Crippen LogP contribution in [0.15, 0.2) is 34.8 Å². The summed E-state index contributed by atoms with van der Waals surface area (Å²) in [5, 5.41) is 0. The molecule has 0 aromatic heterocycles. The van der Waals surface area contributed by atoms with Crippen LogP contribution in [0.1, 0.15) is 68.9 Å². The second-order valence-corrected chi connectivity index (χ2v) is 6.54. The fourth-order valence-corrected chi connectivity index (χ4v) is 2.76. The van der Waals surface area contributed by atoms with E-state index in [0.717, 1.165) is 6.42 Å². The Morgan fingerprint density at radius 1 is 1.00 bits per heavy atom. The minimum atomic E-state index is 0.340. The van der Waals surface area contributed by atoms with E-state index in [1.54, 1.807) is 0 Å². The monoisotopic (exact) mass is 312 g/mol. The predicted molar refractivity (Wildman–Crippen MR) is 91.7 cm³/mol. The van der Waals surface area contributed by atoms with Crippen LogP contribution in [0, 0.1) is 6.92 Å². The van der Waals surface area contributed by atoms with E-state index in [0.29, 0.717) is 10.4 Å². The van der Waals surface area contributed by atoms with Crippen molar-refractivity contribution in [3.05, 3.63) is 46.0 Å². The summed E-state index contributed by atoms with van der Waals surface area (Å²) in [6.45, 7) is 4.36. The second-order valence-electron chi connectivity index (χ2n) is 5.53. The molecule has 2 heteroatoms. The molecule has 0 aliphatic heterocycles. The quantitative estimate of drug-likeness (QED) is 0.425. The molecule has 0 saturated heterocycles. The SMILES string of the molecule is CCCCCCCCC(C=C(Cl)Cl)c1ccc(C)cc1. The third-order valence-electron chi connectivity index (χ3n) is 3.70. The Morgan fingerprint density at radius 3 is 2.20 bits per heavy atom. The van der Waals surface area contributed by atoms with E-state index in [4.69, 9.17) is 23.2 Å². The van der Waals surface area contributed by atoms with Crippen molar-refractivity contribution in [3.63, 3.8) is 0 Å². The molecule has 1 unspecified atom stereocenters. The molecular weight excluding hydrogens is 287 g/mol. The molecule has 1 aromatic rings. The molecule has 0 nitrogen and oxygen atoms in total. The molecule has 0 aliphatic carbocycles. The van der Waals surface area contributed by atoms with E-state index >= 15 is 0 Å². The van der Waals surface area contributed by atoms with Gasteiger partial charge in [-0.2, -0.15) is 0 Å². The first-order valence-electron chi connectivity index (χ1n) is 7.73. The van der Waals surface area contributed by atoms with Gasteiger partial charge in [0.2, 0.25) is 0 Å². The first-order chi connectivity index (χ1) is 9.63. The zero-order chi connectivity index (χ0) is 14.8. The van der Waals surface area contributed by atoms with Gasteiger partial charge in [-0.1, -0.05) is 98.5 Å². The molecule has 112 valence electrons. The predicted octanol–water partition coefficient (Wildman–Crippen LogP) is 7.15. The molecule has 1 aromatic carbocycles. The largest absolute Gasteiger partial charge is 0.103 e. The first-order valence-corrected chi connectivity index (χ1v) is 8.48. The summed E-state index contributed by atoms with van der Waals surface area (Å²) in [5.41, 5.74) is 2.59. The molecule has 0 spiro atoms. The number of unbranched alkanes of at least 4 members (excludes halogenated alkanes) is 5. The highest BCUT2D eigenvalue weighted by Gasteiger charge is 2.09. The zero-order valence-corrected chi connectivity index (χ0v) is 14.2. The van der Waals surface area contributed by atoms with Crippen LogP contribution in [-0.2, 0) is 0 Å². The highest BCUT2D eigenvalue weighted by molar-refractivity contribution is 6.55. The van der Waals surface area contributed by atoms with Crippen LogP contribution in [0.4, 0.5) is 0 Å². The molecule has 0 aliphatic rings. The van der Waals surface area contributed by atoms with Crippen molar-refractivity contribution < 1.29 is 0 Å². The van der Waals surface area contributed by atoms with Gasteiger partial charge in [-0.3, -0.25) is 0 Å². The van der Waals surface area contributed by atoms with Gasteiger partial charge in [-0.05, 0) is 25.0 Å². The Kier molecular flexibility index (Phi) is 9.05. The number of aryl methyl sites for hydroxylation is 1. The molecule has 0 saturated carbocycles. The maximum atomic E-state index is 5.86. The topological polar surface area (TPSA) is 0 Å². The van der Waals surface area contributed by atoms with Gasteiger partial charge in [0.05, 0.1) is 0 Å². The summed E-state index contributed by atoms with van der Waals surface area (Å²) in [7, 11) is 0. The van der Waals surface area contributed by atoms with Crippen molar-refractivity contribution in [2.75, 3.05) is 0 Å². The molecule has 0 fully saturated rings. The fraction of sp³-hybridized carbons (Fsp3) is 0.556. The summed E-state index contributed by atoms with van der Waals surface area (Å²) >= 11 is 11.7. The van der Waals surface area contributed by atoms with Crippen molar-refractivity contribution in [2.45, 2.75) is 64.7 Å². The van der Waals surface area contributed by atoms with Gasteiger partial charge in [0.25, 0.3) is 0 Å². The molecule has 20 heavy (non-hydrogen) atoms. The fourth-order valence-electron chi connectivity index (χ4n) is 2.46. The lowest BCUT2D eigenvalue weighted by molar-refractivity contribution is 0.573.